The maximum Gasteiger partial charge on any atom is 0.212 e. The van der Waals surface area contributed by atoms with Gasteiger partial charge in [-0.05, 0) is 32.1 Å². The van der Waals surface area contributed by atoms with Crippen LogP contribution in [0.3, 0.4) is 0 Å². The number of ether oxygens (including phenoxy) is 1. The molecule has 1 aliphatic heterocycles. The van der Waals surface area contributed by atoms with E-state index in [4.69, 9.17) is 4.74 Å². The SMILES string of the molecule is CC(C)[C@@H](C)C[C@H]1COC(C)(C)N1C=O. The summed E-state index contributed by atoms with van der Waals surface area (Å²) >= 11 is 0. The van der Waals surface area contributed by atoms with Crippen LogP contribution in [-0.2, 0) is 9.53 Å². The van der Waals surface area contributed by atoms with Gasteiger partial charge < -0.3 is 9.64 Å². The lowest BCUT2D eigenvalue weighted by molar-refractivity contribution is -0.132. The van der Waals surface area contributed by atoms with Crippen molar-refractivity contribution in [2.75, 3.05) is 6.61 Å². The Kier molecular flexibility index (Phi) is 3.77. The molecule has 0 N–H and O–H groups in total. The Morgan fingerprint density at radius 3 is 2.53 bits per heavy atom. The number of rotatable bonds is 4. The molecule has 1 rings (SSSR count). The van der Waals surface area contributed by atoms with Gasteiger partial charge in [-0.25, -0.2) is 0 Å². The molecule has 1 fully saturated rings. The Hall–Kier alpha value is -0.570. The van der Waals surface area contributed by atoms with Crippen molar-refractivity contribution in [2.45, 2.75) is 52.8 Å². The first kappa shape index (κ1) is 12.5. The molecule has 1 saturated heterocycles. The molecule has 0 radical (unpaired) electrons. The van der Waals surface area contributed by atoms with Gasteiger partial charge >= 0.3 is 0 Å². The molecule has 0 spiro atoms. The van der Waals surface area contributed by atoms with Gasteiger partial charge in [0.25, 0.3) is 0 Å². The zero-order chi connectivity index (χ0) is 11.6. The van der Waals surface area contributed by atoms with Crippen LogP contribution in [0.2, 0.25) is 0 Å². The molecule has 1 aliphatic rings. The van der Waals surface area contributed by atoms with Crippen LogP contribution in [0.15, 0.2) is 0 Å². The lowest BCUT2D eigenvalue weighted by Crippen LogP contribution is -2.43. The van der Waals surface area contributed by atoms with Crippen molar-refractivity contribution in [1.29, 1.82) is 0 Å². The van der Waals surface area contributed by atoms with Gasteiger partial charge in [0.2, 0.25) is 6.41 Å². The summed E-state index contributed by atoms with van der Waals surface area (Å²) in [5, 5.41) is 0. The summed E-state index contributed by atoms with van der Waals surface area (Å²) in [5.74, 6) is 1.28. The van der Waals surface area contributed by atoms with Crippen LogP contribution in [-0.4, -0.2) is 29.7 Å². The van der Waals surface area contributed by atoms with Gasteiger partial charge in [0, 0.05) is 0 Å². The number of hydrogen-bond donors (Lipinski definition) is 0. The van der Waals surface area contributed by atoms with Crippen molar-refractivity contribution < 1.29 is 9.53 Å². The Morgan fingerprint density at radius 2 is 2.07 bits per heavy atom. The summed E-state index contributed by atoms with van der Waals surface area (Å²) in [5.41, 5.74) is -0.427. The average Bonchev–Trinajstić information content (AvgIpc) is 2.41. The highest BCUT2D eigenvalue weighted by Crippen LogP contribution is 2.30. The van der Waals surface area contributed by atoms with Gasteiger partial charge in [0.1, 0.15) is 5.72 Å². The lowest BCUT2D eigenvalue weighted by atomic mass is 9.91. The molecule has 0 bridgehead atoms. The molecule has 0 aliphatic carbocycles. The number of hydrogen-bond acceptors (Lipinski definition) is 2. The molecule has 0 aromatic rings. The van der Waals surface area contributed by atoms with E-state index < -0.39 is 5.72 Å². The molecule has 0 saturated carbocycles. The van der Waals surface area contributed by atoms with Crippen molar-refractivity contribution in [3.8, 4) is 0 Å². The van der Waals surface area contributed by atoms with Crippen molar-refractivity contribution in [3.05, 3.63) is 0 Å². The first-order chi connectivity index (χ1) is 6.88. The second-order valence-electron chi connectivity index (χ2n) is 5.38. The third-order valence-corrected chi connectivity index (χ3v) is 3.54. The summed E-state index contributed by atoms with van der Waals surface area (Å²) in [6, 6.07) is 0.245. The van der Waals surface area contributed by atoms with E-state index in [0.29, 0.717) is 18.4 Å². The van der Waals surface area contributed by atoms with Crippen molar-refractivity contribution in [3.63, 3.8) is 0 Å². The molecule has 0 aromatic heterocycles. The smallest absolute Gasteiger partial charge is 0.212 e. The van der Waals surface area contributed by atoms with Crippen molar-refractivity contribution in [2.24, 2.45) is 11.8 Å². The molecular weight excluding hydrogens is 190 g/mol. The van der Waals surface area contributed by atoms with Crippen LogP contribution < -0.4 is 0 Å². The Labute approximate surface area is 92.8 Å². The van der Waals surface area contributed by atoms with E-state index in [0.717, 1.165) is 12.8 Å². The first-order valence-electron chi connectivity index (χ1n) is 5.76. The summed E-state index contributed by atoms with van der Waals surface area (Å²) in [6.07, 6.45) is 1.95. The summed E-state index contributed by atoms with van der Waals surface area (Å²) in [4.78, 5) is 12.8. The van der Waals surface area contributed by atoms with E-state index in [1.54, 1.807) is 0 Å². The Balaban J connectivity index is 2.60. The summed E-state index contributed by atoms with van der Waals surface area (Å²) < 4.78 is 5.63. The molecule has 3 nitrogen and oxygen atoms in total. The highest BCUT2D eigenvalue weighted by molar-refractivity contribution is 5.49. The number of nitrogens with zero attached hydrogens (tertiary/aromatic N) is 1. The minimum atomic E-state index is -0.427. The molecule has 2 atom stereocenters. The molecule has 0 aromatic carbocycles. The third-order valence-electron chi connectivity index (χ3n) is 3.54. The van der Waals surface area contributed by atoms with Crippen molar-refractivity contribution >= 4 is 6.41 Å². The van der Waals surface area contributed by atoms with Gasteiger partial charge in [-0.3, -0.25) is 4.79 Å². The quantitative estimate of drug-likeness (QED) is 0.670. The van der Waals surface area contributed by atoms with E-state index in [-0.39, 0.29) is 6.04 Å². The van der Waals surface area contributed by atoms with Gasteiger partial charge in [0.15, 0.2) is 0 Å². The summed E-state index contributed by atoms with van der Waals surface area (Å²) in [6.45, 7) is 11.2. The zero-order valence-electron chi connectivity index (χ0n) is 10.5. The van der Waals surface area contributed by atoms with Crippen LogP contribution in [0.25, 0.3) is 0 Å². The minimum Gasteiger partial charge on any atom is -0.354 e. The maximum atomic E-state index is 11.0. The largest absolute Gasteiger partial charge is 0.354 e. The second kappa shape index (κ2) is 4.52. The van der Waals surface area contributed by atoms with E-state index in [1.807, 2.05) is 18.7 Å². The molecule has 15 heavy (non-hydrogen) atoms. The van der Waals surface area contributed by atoms with Crippen LogP contribution in [0.1, 0.15) is 41.0 Å². The molecule has 1 heterocycles. The van der Waals surface area contributed by atoms with Crippen LogP contribution in [0.5, 0.6) is 0 Å². The zero-order valence-corrected chi connectivity index (χ0v) is 10.5. The molecule has 0 unspecified atom stereocenters. The predicted octanol–water partition coefficient (Wildman–Crippen LogP) is 2.26. The fraction of sp³-hybridized carbons (Fsp3) is 0.917. The van der Waals surface area contributed by atoms with Gasteiger partial charge in [0.05, 0.1) is 12.6 Å². The molecular formula is C12H23NO2. The fourth-order valence-electron chi connectivity index (χ4n) is 1.99. The average molecular weight is 213 g/mol. The Bertz CT molecular complexity index is 226. The topological polar surface area (TPSA) is 29.5 Å². The summed E-state index contributed by atoms with van der Waals surface area (Å²) in [7, 11) is 0. The monoisotopic (exact) mass is 213 g/mol. The second-order valence-corrected chi connectivity index (χ2v) is 5.38. The highest BCUT2D eigenvalue weighted by Gasteiger charge is 2.40. The molecule has 1 amide bonds. The molecule has 88 valence electrons. The van der Waals surface area contributed by atoms with Crippen LogP contribution in [0, 0.1) is 11.8 Å². The number of amides is 1. The highest BCUT2D eigenvalue weighted by atomic mass is 16.5. The van der Waals surface area contributed by atoms with Gasteiger partial charge in [-0.1, -0.05) is 20.8 Å². The van der Waals surface area contributed by atoms with E-state index in [2.05, 4.69) is 20.8 Å². The van der Waals surface area contributed by atoms with E-state index >= 15 is 0 Å². The third kappa shape index (κ3) is 2.71. The lowest BCUT2D eigenvalue weighted by Gasteiger charge is -2.31. The predicted molar refractivity (Wildman–Crippen MR) is 60.3 cm³/mol. The van der Waals surface area contributed by atoms with E-state index in [9.17, 15) is 4.79 Å². The van der Waals surface area contributed by atoms with Gasteiger partial charge in [-0.2, -0.15) is 0 Å². The van der Waals surface area contributed by atoms with Crippen LogP contribution >= 0.6 is 0 Å². The standard InChI is InChI=1S/C12H23NO2/c1-9(2)10(3)6-11-7-15-12(4,5)13(11)8-14/h8-11H,6-7H2,1-5H3/t10-,11-/m0/s1. The first-order valence-corrected chi connectivity index (χ1v) is 5.76. The van der Waals surface area contributed by atoms with Crippen LogP contribution in [0.4, 0.5) is 0 Å². The number of carbonyl (C=O) groups excluding carboxylic acids is 1. The maximum absolute atomic E-state index is 11.0. The van der Waals surface area contributed by atoms with Crippen molar-refractivity contribution in [1.82, 2.24) is 4.90 Å². The Morgan fingerprint density at radius 1 is 1.47 bits per heavy atom. The molecule has 3 heteroatoms. The normalized spacial score (nSPS) is 27.1. The fourth-order valence-corrected chi connectivity index (χ4v) is 1.99. The van der Waals surface area contributed by atoms with Gasteiger partial charge in [-0.15, -0.1) is 0 Å². The van der Waals surface area contributed by atoms with E-state index in [1.165, 1.54) is 0 Å². The number of carbonyl (C=O) groups is 1. The minimum absolute atomic E-state index is 0.245.